The van der Waals surface area contributed by atoms with Gasteiger partial charge in [0.05, 0.1) is 6.61 Å². The van der Waals surface area contributed by atoms with Crippen LogP contribution in [-0.2, 0) is 14.3 Å². The van der Waals surface area contributed by atoms with Crippen molar-refractivity contribution in [2.75, 3.05) is 13.7 Å². The van der Waals surface area contributed by atoms with Crippen molar-refractivity contribution in [3.8, 4) is 0 Å². The summed E-state index contributed by atoms with van der Waals surface area (Å²) in [6, 6.07) is 0. The number of carbonyl (C=O) groups is 1. The van der Waals surface area contributed by atoms with Crippen LogP contribution in [0.5, 0.6) is 0 Å². The minimum atomic E-state index is -0.887. The predicted molar refractivity (Wildman–Crippen MR) is 49.6 cm³/mol. The molecule has 0 spiro atoms. The van der Waals surface area contributed by atoms with Gasteiger partial charge in [0.15, 0.2) is 5.78 Å². The first-order valence-electron chi connectivity index (χ1n) is 5.25. The fourth-order valence-electron chi connectivity index (χ4n) is 3.92. The van der Waals surface area contributed by atoms with Crippen molar-refractivity contribution in [3.63, 3.8) is 0 Å². The SMILES string of the molecule is COC12OCC3(C)C1CCC3(C)C2=O. The molecule has 0 aromatic rings. The summed E-state index contributed by atoms with van der Waals surface area (Å²) in [5.41, 5.74) is -0.188. The van der Waals surface area contributed by atoms with Gasteiger partial charge in [-0.15, -0.1) is 0 Å². The maximum atomic E-state index is 12.3. The van der Waals surface area contributed by atoms with E-state index in [1.54, 1.807) is 7.11 Å². The molecule has 3 heteroatoms. The number of hydrogen-bond acceptors (Lipinski definition) is 3. The summed E-state index contributed by atoms with van der Waals surface area (Å²) in [5, 5.41) is 0. The molecule has 0 N–H and O–H groups in total. The van der Waals surface area contributed by atoms with Gasteiger partial charge in [-0.3, -0.25) is 4.79 Å². The molecule has 4 bridgehead atoms. The van der Waals surface area contributed by atoms with E-state index in [-0.39, 0.29) is 22.5 Å². The topological polar surface area (TPSA) is 35.5 Å². The van der Waals surface area contributed by atoms with E-state index in [2.05, 4.69) is 13.8 Å². The highest BCUT2D eigenvalue weighted by atomic mass is 16.7. The largest absolute Gasteiger partial charge is 0.347 e. The molecule has 3 fully saturated rings. The molecule has 4 unspecified atom stereocenters. The molecular formula is C11H16O3. The molecule has 0 amide bonds. The van der Waals surface area contributed by atoms with Crippen LogP contribution in [0.3, 0.4) is 0 Å². The lowest BCUT2D eigenvalue weighted by molar-refractivity contribution is -0.226. The summed E-state index contributed by atoms with van der Waals surface area (Å²) in [6.07, 6.45) is 2.06. The molecule has 2 saturated carbocycles. The second kappa shape index (κ2) is 2.07. The third kappa shape index (κ3) is 0.551. The van der Waals surface area contributed by atoms with E-state index in [1.165, 1.54) is 0 Å². The summed E-state index contributed by atoms with van der Waals surface area (Å²) in [5.74, 6) is -0.433. The van der Waals surface area contributed by atoms with E-state index in [1.807, 2.05) is 0 Å². The van der Waals surface area contributed by atoms with E-state index >= 15 is 0 Å². The first-order chi connectivity index (χ1) is 6.51. The first-order valence-corrected chi connectivity index (χ1v) is 5.25. The van der Waals surface area contributed by atoms with E-state index < -0.39 is 5.79 Å². The summed E-state index contributed by atoms with van der Waals surface area (Å²) < 4.78 is 11.0. The summed E-state index contributed by atoms with van der Waals surface area (Å²) >= 11 is 0. The van der Waals surface area contributed by atoms with Crippen LogP contribution in [0, 0.1) is 16.7 Å². The Morgan fingerprint density at radius 3 is 2.64 bits per heavy atom. The molecule has 4 atom stereocenters. The molecule has 0 aromatic heterocycles. The number of rotatable bonds is 1. The van der Waals surface area contributed by atoms with Gasteiger partial charge in [0.2, 0.25) is 5.79 Å². The molecule has 3 rings (SSSR count). The Bertz CT molecular complexity index is 326. The van der Waals surface area contributed by atoms with Crippen molar-refractivity contribution in [1.29, 1.82) is 0 Å². The summed E-state index contributed by atoms with van der Waals surface area (Å²) in [7, 11) is 1.59. The van der Waals surface area contributed by atoms with Crippen LogP contribution in [0.15, 0.2) is 0 Å². The number of hydrogen-bond donors (Lipinski definition) is 0. The highest BCUT2D eigenvalue weighted by Crippen LogP contribution is 2.72. The summed E-state index contributed by atoms with van der Waals surface area (Å²) in [4.78, 5) is 12.3. The average Bonchev–Trinajstić information content (AvgIpc) is 2.65. The Morgan fingerprint density at radius 2 is 2.21 bits per heavy atom. The molecule has 1 aliphatic heterocycles. The lowest BCUT2D eigenvalue weighted by Gasteiger charge is -2.39. The molecule has 78 valence electrons. The fraction of sp³-hybridized carbons (Fsp3) is 0.909. The van der Waals surface area contributed by atoms with Gasteiger partial charge >= 0.3 is 0 Å². The highest BCUT2D eigenvalue weighted by Gasteiger charge is 2.80. The number of ketones is 1. The minimum absolute atomic E-state index is 0.0140. The Balaban J connectivity index is 2.21. The predicted octanol–water partition coefficient (Wildman–Crippen LogP) is 1.36. The molecule has 3 nitrogen and oxygen atoms in total. The van der Waals surface area contributed by atoms with Crippen LogP contribution in [0.1, 0.15) is 26.7 Å². The standard InChI is InChI=1S/C11H16O3/c1-9-5-4-7-10(9,2)6-14-11(7,13-3)8(9)12/h7H,4-6H2,1-3H3. The second-order valence-corrected chi connectivity index (χ2v) is 5.33. The molecule has 1 saturated heterocycles. The zero-order valence-electron chi connectivity index (χ0n) is 8.92. The van der Waals surface area contributed by atoms with E-state index in [0.29, 0.717) is 6.61 Å². The molecular weight excluding hydrogens is 180 g/mol. The van der Waals surface area contributed by atoms with Crippen molar-refractivity contribution in [2.45, 2.75) is 32.5 Å². The van der Waals surface area contributed by atoms with Crippen molar-refractivity contribution < 1.29 is 14.3 Å². The Hall–Kier alpha value is -0.410. The molecule has 1 heterocycles. The summed E-state index contributed by atoms with van der Waals surface area (Å²) in [6.45, 7) is 4.93. The first kappa shape index (κ1) is 8.86. The van der Waals surface area contributed by atoms with Crippen LogP contribution in [0.4, 0.5) is 0 Å². The smallest absolute Gasteiger partial charge is 0.232 e. The minimum Gasteiger partial charge on any atom is -0.347 e. The van der Waals surface area contributed by atoms with E-state index in [4.69, 9.17) is 9.47 Å². The third-order valence-electron chi connectivity index (χ3n) is 5.13. The zero-order chi connectivity index (χ0) is 10.2. The number of Topliss-reactive ketones (excluding diaryl/α,β-unsaturated/α-hetero) is 1. The third-order valence-corrected chi connectivity index (χ3v) is 5.13. The van der Waals surface area contributed by atoms with Crippen LogP contribution >= 0.6 is 0 Å². The van der Waals surface area contributed by atoms with Crippen molar-refractivity contribution >= 4 is 5.78 Å². The van der Waals surface area contributed by atoms with Gasteiger partial charge in [0.1, 0.15) is 0 Å². The van der Waals surface area contributed by atoms with E-state index in [9.17, 15) is 4.79 Å². The number of carbonyl (C=O) groups excluding carboxylic acids is 1. The Labute approximate surface area is 83.8 Å². The van der Waals surface area contributed by atoms with Crippen LogP contribution in [0.2, 0.25) is 0 Å². The van der Waals surface area contributed by atoms with Gasteiger partial charge < -0.3 is 9.47 Å². The molecule has 0 aromatic carbocycles. The van der Waals surface area contributed by atoms with Crippen LogP contribution in [0.25, 0.3) is 0 Å². The normalized spacial score (nSPS) is 59.9. The zero-order valence-corrected chi connectivity index (χ0v) is 8.92. The maximum Gasteiger partial charge on any atom is 0.232 e. The van der Waals surface area contributed by atoms with Crippen molar-refractivity contribution in [1.82, 2.24) is 0 Å². The molecule has 14 heavy (non-hydrogen) atoms. The van der Waals surface area contributed by atoms with Crippen molar-refractivity contribution in [3.05, 3.63) is 0 Å². The average molecular weight is 196 g/mol. The van der Waals surface area contributed by atoms with Crippen molar-refractivity contribution in [2.24, 2.45) is 16.7 Å². The monoisotopic (exact) mass is 196 g/mol. The van der Waals surface area contributed by atoms with Gasteiger partial charge in [0.25, 0.3) is 0 Å². The second-order valence-electron chi connectivity index (χ2n) is 5.33. The Kier molecular flexibility index (Phi) is 1.31. The van der Waals surface area contributed by atoms with Gasteiger partial charge in [-0.25, -0.2) is 0 Å². The van der Waals surface area contributed by atoms with Gasteiger partial charge in [-0.2, -0.15) is 0 Å². The van der Waals surface area contributed by atoms with Crippen LogP contribution in [-0.4, -0.2) is 25.3 Å². The lowest BCUT2D eigenvalue weighted by atomic mass is 9.69. The van der Waals surface area contributed by atoms with Gasteiger partial charge in [-0.1, -0.05) is 13.8 Å². The molecule has 0 radical (unpaired) electrons. The Morgan fingerprint density at radius 1 is 1.50 bits per heavy atom. The molecule has 3 aliphatic rings. The molecule has 2 aliphatic carbocycles. The van der Waals surface area contributed by atoms with Gasteiger partial charge in [0, 0.05) is 23.9 Å². The number of methoxy groups -OCH3 is 1. The maximum absolute atomic E-state index is 12.3. The van der Waals surface area contributed by atoms with Crippen LogP contribution < -0.4 is 0 Å². The van der Waals surface area contributed by atoms with E-state index in [0.717, 1.165) is 12.8 Å². The lowest BCUT2D eigenvalue weighted by Crippen LogP contribution is -2.52. The quantitative estimate of drug-likeness (QED) is 0.635. The van der Waals surface area contributed by atoms with Gasteiger partial charge in [-0.05, 0) is 12.8 Å². The highest BCUT2D eigenvalue weighted by molar-refractivity contribution is 5.97. The fourth-order valence-corrected chi connectivity index (χ4v) is 3.92. The number of ether oxygens (including phenoxy) is 2.